The Labute approximate surface area is 113 Å². The molecule has 1 aromatic carbocycles. The fourth-order valence-electron chi connectivity index (χ4n) is 1.39. The van der Waals surface area contributed by atoms with Gasteiger partial charge in [-0.1, -0.05) is 22.0 Å². The van der Waals surface area contributed by atoms with Gasteiger partial charge in [-0.15, -0.1) is 5.10 Å². The summed E-state index contributed by atoms with van der Waals surface area (Å²) in [6.45, 7) is 1.92. The molecule has 0 aliphatic heterocycles. The number of aryl methyl sites for hydroxylation is 1. The fraction of sp³-hybridized carbons (Fsp3) is 0.0833. The molecule has 0 aliphatic rings. The summed E-state index contributed by atoms with van der Waals surface area (Å²) in [7, 11) is 0. The molecule has 0 radical (unpaired) electrons. The maximum Gasteiger partial charge on any atom is 0.249 e. The van der Waals surface area contributed by atoms with Gasteiger partial charge in [0.05, 0.1) is 11.8 Å². The first-order chi connectivity index (χ1) is 8.58. The van der Waals surface area contributed by atoms with Gasteiger partial charge in [0.15, 0.2) is 0 Å². The summed E-state index contributed by atoms with van der Waals surface area (Å²) in [6, 6.07) is 7.26. The van der Waals surface area contributed by atoms with Crippen molar-refractivity contribution in [3.05, 3.63) is 46.1 Å². The van der Waals surface area contributed by atoms with Crippen molar-refractivity contribution in [2.24, 2.45) is 5.73 Å². The molecule has 0 saturated heterocycles. The molecule has 92 valence electrons. The lowest BCUT2D eigenvalue weighted by molar-refractivity contribution is 0.450. The highest BCUT2D eigenvalue weighted by atomic mass is 79.9. The number of ether oxygens (including phenoxy) is 1. The van der Waals surface area contributed by atoms with Crippen molar-refractivity contribution in [3.63, 3.8) is 0 Å². The van der Waals surface area contributed by atoms with Gasteiger partial charge in [-0.2, -0.15) is 5.10 Å². The van der Waals surface area contributed by atoms with Gasteiger partial charge < -0.3 is 10.5 Å². The SMILES string of the molecule is Cc1ccc(Br)cc1Oc1nnccc1C(=N)N. The van der Waals surface area contributed by atoms with E-state index in [1.807, 2.05) is 25.1 Å². The number of rotatable bonds is 3. The number of hydrogen-bond acceptors (Lipinski definition) is 4. The minimum Gasteiger partial charge on any atom is -0.437 e. The Balaban J connectivity index is 2.40. The molecule has 18 heavy (non-hydrogen) atoms. The Morgan fingerprint density at radius 2 is 2.17 bits per heavy atom. The Kier molecular flexibility index (Phi) is 3.57. The van der Waals surface area contributed by atoms with E-state index in [4.69, 9.17) is 15.9 Å². The van der Waals surface area contributed by atoms with E-state index in [0.717, 1.165) is 10.0 Å². The number of nitrogens with two attached hydrogens (primary N) is 1. The molecule has 0 unspecified atom stereocenters. The van der Waals surface area contributed by atoms with Crippen LogP contribution in [0, 0.1) is 12.3 Å². The fourth-order valence-corrected chi connectivity index (χ4v) is 1.73. The van der Waals surface area contributed by atoms with Crippen LogP contribution in [0.2, 0.25) is 0 Å². The van der Waals surface area contributed by atoms with Crippen LogP contribution in [0.25, 0.3) is 0 Å². The highest BCUT2D eigenvalue weighted by Crippen LogP contribution is 2.28. The third-order valence-corrected chi connectivity index (χ3v) is 2.83. The van der Waals surface area contributed by atoms with Crippen LogP contribution in [0.3, 0.4) is 0 Å². The first-order valence-corrected chi connectivity index (χ1v) is 5.97. The predicted octanol–water partition coefficient (Wildman–Crippen LogP) is 2.62. The highest BCUT2D eigenvalue weighted by molar-refractivity contribution is 9.10. The summed E-state index contributed by atoms with van der Waals surface area (Å²) in [5.41, 5.74) is 6.84. The molecule has 0 fully saturated rings. The van der Waals surface area contributed by atoms with Gasteiger partial charge in [-0.3, -0.25) is 5.41 Å². The van der Waals surface area contributed by atoms with Crippen LogP contribution >= 0.6 is 15.9 Å². The Bertz CT molecular complexity index is 600. The molecule has 2 rings (SSSR count). The number of aromatic nitrogens is 2. The monoisotopic (exact) mass is 306 g/mol. The molecule has 0 saturated carbocycles. The lowest BCUT2D eigenvalue weighted by atomic mass is 10.2. The molecule has 3 N–H and O–H groups in total. The number of nitrogens with one attached hydrogen (secondary N) is 1. The molecule has 1 aromatic heterocycles. The smallest absolute Gasteiger partial charge is 0.249 e. The maximum absolute atomic E-state index is 7.46. The quantitative estimate of drug-likeness (QED) is 0.674. The van der Waals surface area contributed by atoms with E-state index in [9.17, 15) is 0 Å². The van der Waals surface area contributed by atoms with Crippen LogP contribution in [0.1, 0.15) is 11.1 Å². The minimum absolute atomic E-state index is 0.104. The summed E-state index contributed by atoms with van der Waals surface area (Å²) < 4.78 is 6.56. The number of amidine groups is 1. The first-order valence-electron chi connectivity index (χ1n) is 5.18. The summed E-state index contributed by atoms with van der Waals surface area (Å²) in [5.74, 6) is 0.770. The van der Waals surface area contributed by atoms with Crippen LogP contribution in [0.4, 0.5) is 0 Å². The van der Waals surface area contributed by atoms with E-state index in [-0.39, 0.29) is 11.7 Å². The zero-order valence-corrected chi connectivity index (χ0v) is 11.2. The average molecular weight is 307 g/mol. The van der Waals surface area contributed by atoms with Crippen LogP contribution < -0.4 is 10.5 Å². The van der Waals surface area contributed by atoms with Crippen molar-refractivity contribution in [1.82, 2.24) is 10.2 Å². The van der Waals surface area contributed by atoms with E-state index in [0.29, 0.717) is 11.3 Å². The molecule has 6 heteroatoms. The van der Waals surface area contributed by atoms with E-state index in [1.165, 1.54) is 6.20 Å². The largest absolute Gasteiger partial charge is 0.437 e. The van der Waals surface area contributed by atoms with Crippen molar-refractivity contribution in [2.45, 2.75) is 6.92 Å². The number of halogens is 1. The van der Waals surface area contributed by atoms with Gasteiger partial charge in [-0.25, -0.2) is 0 Å². The topological polar surface area (TPSA) is 84.9 Å². The van der Waals surface area contributed by atoms with Gasteiger partial charge in [0.1, 0.15) is 11.6 Å². The van der Waals surface area contributed by atoms with Crippen molar-refractivity contribution < 1.29 is 4.74 Å². The number of benzene rings is 1. The lowest BCUT2D eigenvalue weighted by Crippen LogP contribution is -2.13. The van der Waals surface area contributed by atoms with Crippen molar-refractivity contribution >= 4 is 21.8 Å². The summed E-state index contributed by atoms with van der Waals surface area (Å²) in [6.07, 6.45) is 1.47. The minimum atomic E-state index is -0.104. The summed E-state index contributed by atoms with van der Waals surface area (Å²) >= 11 is 3.37. The second-order valence-electron chi connectivity index (χ2n) is 3.68. The van der Waals surface area contributed by atoms with E-state index in [1.54, 1.807) is 6.07 Å². The second kappa shape index (κ2) is 5.14. The van der Waals surface area contributed by atoms with Crippen molar-refractivity contribution in [3.8, 4) is 11.6 Å². The standard InChI is InChI=1S/C12H11BrN4O/c1-7-2-3-8(13)6-10(7)18-12-9(11(14)15)4-5-16-17-12/h2-6H,1H3,(H3,14,15). The predicted molar refractivity (Wildman–Crippen MR) is 72.0 cm³/mol. The Hall–Kier alpha value is -1.95. The number of hydrogen-bond donors (Lipinski definition) is 2. The van der Waals surface area contributed by atoms with Gasteiger partial charge in [0, 0.05) is 4.47 Å². The zero-order chi connectivity index (χ0) is 13.1. The van der Waals surface area contributed by atoms with Crippen LogP contribution in [0.15, 0.2) is 34.9 Å². The molecular formula is C12H11BrN4O. The average Bonchev–Trinajstić information content (AvgIpc) is 2.34. The molecule has 0 aliphatic carbocycles. The molecular weight excluding hydrogens is 296 g/mol. The van der Waals surface area contributed by atoms with Gasteiger partial charge in [0.25, 0.3) is 0 Å². The zero-order valence-electron chi connectivity index (χ0n) is 9.64. The Morgan fingerprint density at radius 3 is 2.89 bits per heavy atom. The van der Waals surface area contributed by atoms with Crippen LogP contribution in [0.5, 0.6) is 11.6 Å². The van der Waals surface area contributed by atoms with Gasteiger partial charge in [-0.05, 0) is 30.7 Å². The van der Waals surface area contributed by atoms with Crippen molar-refractivity contribution in [2.75, 3.05) is 0 Å². The molecule has 2 aromatic rings. The molecule has 5 nitrogen and oxygen atoms in total. The van der Waals surface area contributed by atoms with Gasteiger partial charge in [0.2, 0.25) is 5.88 Å². The number of nitrogen functional groups attached to an aromatic ring is 1. The molecule has 0 spiro atoms. The number of nitrogens with zero attached hydrogens (tertiary/aromatic N) is 2. The highest BCUT2D eigenvalue weighted by Gasteiger charge is 2.11. The molecule has 1 heterocycles. The third kappa shape index (κ3) is 2.65. The van der Waals surface area contributed by atoms with Crippen LogP contribution in [-0.4, -0.2) is 16.0 Å². The summed E-state index contributed by atoms with van der Waals surface area (Å²) in [5, 5.41) is 15.1. The van der Waals surface area contributed by atoms with Crippen LogP contribution in [-0.2, 0) is 0 Å². The second-order valence-corrected chi connectivity index (χ2v) is 4.59. The van der Waals surface area contributed by atoms with E-state index >= 15 is 0 Å². The molecule has 0 amide bonds. The van der Waals surface area contributed by atoms with E-state index in [2.05, 4.69) is 26.1 Å². The van der Waals surface area contributed by atoms with Gasteiger partial charge >= 0.3 is 0 Å². The van der Waals surface area contributed by atoms with Crippen molar-refractivity contribution in [1.29, 1.82) is 5.41 Å². The maximum atomic E-state index is 7.46. The van der Waals surface area contributed by atoms with E-state index < -0.39 is 0 Å². The molecule has 0 bridgehead atoms. The molecule has 0 atom stereocenters. The third-order valence-electron chi connectivity index (χ3n) is 2.33. The first kappa shape index (κ1) is 12.5. The lowest BCUT2D eigenvalue weighted by Gasteiger charge is -2.10. The normalized spacial score (nSPS) is 10.1. The Morgan fingerprint density at radius 1 is 1.39 bits per heavy atom. The summed E-state index contributed by atoms with van der Waals surface area (Å²) in [4.78, 5) is 0.